The molecule has 2 heterocycles. The fraction of sp³-hybridized carbons (Fsp3) is 0.429. The maximum Gasteiger partial charge on any atom is 0.260 e. The second-order valence-corrected chi connectivity index (χ2v) is 5.45. The molecule has 1 aromatic carbocycles. The number of hydrogen-bond donors (Lipinski definition) is 3. The van der Waals surface area contributed by atoms with Crippen LogP contribution in [0.3, 0.4) is 0 Å². The van der Waals surface area contributed by atoms with E-state index in [-0.39, 0.29) is 11.2 Å². The van der Waals surface area contributed by atoms with Crippen molar-refractivity contribution in [3.8, 4) is 0 Å². The molecule has 20 heavy (non-hydrogen) atoms. The van der Waals surface area contributed by atoms with E-state index in [2.05, 4.69) is 22.2 Å². The Bertz CT molecular complexity index is 689. The van der Waals surface area contributed by atoms with Gasteiger partial charge in [0.1, 0.15) is 0 Å². The summed E-state index contributed by atoms with van der Waals surface area (Å²) in [7, 11) is 0. The zero-order valence-corrected chi connectivity index (χ0v) is 11.4. The molecule has 1 saturated heterocycles. The summed E-state index contributed by atoms with van der Waals surface area (Å²) in [5.74, 6) is 0.462. The van der Waals surface area contributed by atoms with Gasteiger partial charge in [-0.05, 0) is 38.0 Å². The van der Waals surface area contributed by atoms with Crippen molar-refractivity contribution in [3.63, 3.8) is 0 Å². The Morgan fingerprint density at radius 3 is 3.15 bits per heavy atom. The fourth-order valence-electron chi connectivity index (χ4n) is 2.49. The zero-order chi connectivity index (χ0) is 14.2. The number of anilines is 2. The van der Waals surface area contributed by atoms with E-state index in [1.807, 2.05) is 0 Å². The Balaban J connectivity index is 1.85. The number of rotatable bonds is 3. The van der Waals surface area contributed by atoms with Crippen LogP contribution in [0.25, 0.3) is 10.9 Å². The molecule has 0 bridgehead atoms. The molecule has 1 aromatic heterocycles. The Morgan fingerprint density at radius 1 is 1.55 bits per heavy atom. The molecule has 0 aliphatic carbocycles. The van der Waals surface area contributed by atoms with Gasteiger partial charge >= 0.3 is 0 Å². The molecule has 3 rings (SSSR count). The van der Waals surface area contributed by atoms with E-state index < -0.39 is 0 Å². The zero-order valence-electron chi connectivity index (χ0n) is 11.4. The third-order valence-corrected chi connectivity index (χ3v) is 3.66. The quantitative estimate of drug-likeness (QED) is 0.737. The van der Waals surface area contributed by atoms with E-state index in [9.17, 15) is 4.79 Å². The van der Waals surface area contributed by atoms with Crippen LogP contribution in [0.4, 0.5) is 11.6 Å². The number of fused-ring (bicyclic) bond motifs is 1. The van der Waals surface area contributed by atoms with Crippen molar-refractivity contribution in [3.05, 3.63) is 28.6 Å². The number of aromatic nitrogens is 2. The van der Waals surface area contributed by atoms with Gasteiger partial charge in [0.2, 0.25) is 5.95 Å². The van der Waals surface area contributed by atoms with Gasteiger partial charge in [-0.2, -0.15) is 0 Å². The Hall–Kier alpha value is -2.08. The summed E-state index contributed by atoms with van der Waals surface area (Å²) in [6.07, 6.45) is 2.08. The van der Waals surface area contributed by atoms with Crippen molar-refractivity contribution in [2.24, 2.45) is 0 Å². The number of ether oxygens (including phenoxy) is 1. The highest BCUT2D eigenvalue weighted by molar-refractivity contribution is 5.81. The lowest BCUT2D eigenvalue weighted by atomic mass is 10.0. The van der Waals surface area contributed by atoms with Crippen LogP contribution in [-0.4, -0.2) is 28.7 Å². The number of benzene rings is 1. The second kappa shape index (κ2) is 4.79. The standard InChI is InChI=1S/C14H18N4O2/c1-14(5-2-6-20-14)8-16-13-17-11-4-3-9(15)7-10(11)12(19)18-13/h3-4,7H,2,5-6,8,15H2,1H3,(H2,16,17,18,19). The minimum atomic E-state index is -0.192. The van der Waals surface area contributed by atoms with Gasteiger partial charge in [-0.3, -0.25) is 9.78 Å². The summed E-state index contributed by atoms with van der Waals surface area (Å²) in [4.78, 5) is 19.1. The molecule has 0 amide bonds. The van der Waals surface area contributed by atoms with E-state index >= 15 is 0 Å². The van der Waals surface area contributed by atoms with Crippen molar-refractivity contribution in [1.29, 1.82) is 0 Å². The molecule has 0 radical (unpaired) electrons. The molecule has 1 atom stereocenters. The van der Waals surface area contributed by atoms with Crippen LogP contribution in [0.1, 0.15) is 19.8 Å². The highest BCUT2D eigenvalue weighted by atomic mass is 16.5. The number of nitrogens with two attached hydrogens (primary N) is 1. The predicted octanol–water partition coefficient (Wildman–Crippen LogP) is 1.49. The average Bonchev–Trinajstić information content (AvgIpc) is 2.85. The van der Waals surface area contributed by atoms with Crippen molar-refractivity contribution in [2.75, 3.05) is 24.2 Å². The van der Waals surface area contributed by atoms with Gasteiger partial charge in [0.05, 0.1) is 16.5 Å². The number of nitrogen functional groups attached to an aromatic ring is 1. The van der Waals surface area contributed by atoms with Crippen molar-refractivity contribution in [2.45, 2.75) is 25.4 Å². The van der Waals surface area contributed by atoms with Gasteiger partial charge in [0.15, 0.2) is 0 Å². The molecule has 1 aliphatic heterocycles. The highest BCUT2D eigenvalue weighted by Gasteiger charge is 2.29. The summed E-state index contributed by atoms with van der Waals surface area (Å²) < 4.78 is 5.70. The van der Waals surface area contributed by atoms with Crippen molar-refractivity contribution < 1.29 is 4.74 Å². The van der Waals surface area contributed by atoms with Gasteiger partial charge < -0.3 is 15.8 Å². The number of nitrogens with one attached hydrogen (secondary N) is 2. The van der Waals surface area contributed by atoms with E-state index in [1.165, 1.54) is 0 Å². The molecule has 0 spiro atoms. The fourth-order valence-corrected chi connectivity index (χ4v) is 2.49. The van der Waals surface area contributed by atoms with Crippen LogP contribution < -0.4 is 16.6 Å². The Morgan fingerprint density at radius 2 is 2.40 bits per heavy atom. The van der Waals surface area contributed by atoms with Crippen molar-refractivity contribution >= 4 is 22.5 Å². The SMILES string of the molecule is CC1(CNc2nc3ccc(N)cc3c(=O)[nH]2)CCCO1. The minimum absolute atomic E-state index is 0.186. The molecule has 1 aliphatic rings. The number of aromatic amines is 1. The predicted molar refractivity (Wildman–Crippen MR) is 78.9 cm³/mol. The lowest BCUT2D eigenvalue weighted by molar-refractivity contribution is 0.0314. The molecule has 6 heteroatoms. The topological polar surface area (TPSA) is 93.0 Å². The molecular weight excluding hydrogens is 256 g/mol. The lowest BCUT2D eigenvalue weighted by Crippen LogP contribution is -2.33. The lowest BCUT2D eigenvalue weighted by Gasteiger charge is -2.23. The van der Waals surface area contributed by atoms with E-state index in [4.69, 9.17) is 10.5 Å². The molecule has 1 unspecified atom stereocenters. The highest BCUT2D eigenvalue weighted by Crippen LogP contribution is 2.25. The van der Waals surface area contributed by atoms with E-state index in [0.717, 1.165) is 19.4 Å². The molecule has 6 nitrogen and oxygen atoms in total. The van der Waals surface area contributed by atoms with E-state index in [0.29, 0.717) is 29.1 Å². The summed E-state index contributed by atoms with van der Waals surface area (Å²) in [6, 6.07) is 5.12. The van der Waals surface area contributed by atoms with Gasteiger partial charge in [0, 0.05) is 18.8 Å². The van der Waals surface area contributed by atoms with Crippen LogP contribution in [0.15, 0.2) is 23.0 Å². The molecule has 0 saturated carbocycles. The first kappa shape index (κ1) is 12.9. The van der Waals surface area contributed by atoms with Crippen LogP contribution in [-0.2, 0) is 4.74 Å². The van der Waals surface area contributed by atoms with Crippen LogP contribution in [0.5, 0.6) is 0 Å². The molecule has 2 aromatic rings. The third-order valence-electron chi connectivity index (χ3n) is 3.66. The van der Waals surface area contributed by atoms with Gasteiger partial charge in [-0.25, -0.2) is 4.98 Å². The Kier molecular flexibility index (Phi) is 3.10. The van der Waals surface area contributed by atoms with Crippen LogP contribution in [0, 0.1) is 0 Å². The van der Waals surface area contributed by atoms with Gasteiger partial charge in [-0.15, -0.1) is 0 Å². The largest absolute Gasteiger partial charge is 0.399 e. The maximum absolute atomic E-state index is 12.0. The van der Waals surface area contributed by atoms with Crippen LogP contribution in [0.2, 0.25) is 0 Å². The van der Waals surface area contributed by atoms with Crippen LogP contribution >= 0.6 is 0 Å². The number of hydrogen-bond acceptors (Lipinski definition) is 5. The minimum Gasteiger partial charge on any atom is -0.399 e. The number of H-pyrrole nitrogens is 1. The first-order chi connectivity index (χ1) is 9.56. The molecule has 4 N–H and O–H groups in total. The summed E-state index contributed by atoms with van der Waals surface area (Å²) in [5, 5.41) is 3.65. The molecule has 106 valence electrons. The smallest absolute Gasteiger partial charge is 0.260 e. The first-order valence-corrected chi connectivity index (χ1v) is 6.73. The molecule has 1 fully saturated rings. The second-order valence-electron chi connectivity index (χ2n) is 5.45. The summed E-state index contributed by atoms with van der Waals surface area (Å²) in [5.41, 5.74) is 6.48. The average molecular weight is 274 g/mol. The normalized spacial score (nSPS) is 22.2. The van der Waals surface area contributed by atoms with Crippen molar-refractivity contribution in [1.82, 2.24) is 9.97 Å². The first-order valence-electron chi connectivity index (χ1n) is 6.73. The maximum atomic E-state index is 12.0. The van der Waals surface area contributed by atoms with E-state index in [1.54, 1.807) is 18.2 Å². The number of nitrogens with zero attached hydrogens (tertiary/aromatic N) is 1. The van der Waals surface area contributed by atoms with Gasteiger partial charge in [-0.1, -0.05) is 0 Å². The third kappa shape index (κ3) is 2.46. The monoisotopic (exact) mass is 274 g/mol. The Labute approximate surface area is 116 Å². The van der Waals surface area contributed by atoms with Gasteiger partial charge in [0.25, 0.3) is 5.56 Å². The summed E-state index contributed by atoms with van der Waals surface area (Å²) in [6.45, 7) is 3.47. The molecular formula is C14H18N4O2. The summed E-state index contributed by atoms with van der Waals surface area (Å²) >= 11 is 0.